The Hall–Kier alpha value is -4.71. The van der Waals surface area contributed by atoms with Crippen LogP contribution in [0.25, 0.3) is 17.2 Å². The number of nitrogens with one attached hydrogen (secondary N) is 2. The van der Waals surface area contributed by atoms with Crippen molar-refractivity contribution in [2.45, 2.75) is 53.8 Å². The molecule has 12 nitrogen and oxygen atoms in total. The summed E-state index contributed by atoms with van der Waals surface area (Å²) >= 11 is 0. The van der Waals surface area contributed by atoms with Crippen molar-refractivity contribution in [2.75, 3.05) is 16.8 Å². The lowest BCUT2D eigenvalue weighted by Crippen LogP contribution is -2.38. The van der Waals surface area contributed by atoms with Crippen molar-refractivity contribution in [3.05, 3.63) is 71.4 Å². The molecule has 5 rings (SSSR count). The molecule has 0 bridgehead atoms. The second-order valence-corrected chi connectivity index (χ2v) is 10.0. The van der Waals surface area contributed by atoms with Crippen LogP contribution < -0.4 is 10.2 Å². The number of nitrogens with zero attached hydrogens (tertiary/aromatic N) is 5. The second-order valence-electron chi connectivity index (χ2n) is 10.0. The number of aromatic amines is 1. The molecule has 0 saturated carbocycles. The van der Waals surface area contributed by atoms with Crippen molar-refractivity contribution >= 4 is 23.3 Å². The van der Waals surface area contributed by atoms with E-state index in [9.17, 15) is 9.59 Å². The lowest BCUT2D eigenvalue weighted by Gasteiger charge is -2.27. The van der Waals surface area contributed by atoms with Crippen LogP contribution in [-0.4, -0.2) is 56.4 Å². The molecule has 0 aliphatic carbocycles. The van der Waals surface area contributed by atoms with E-state index in [1.165, 1.54) is 6.92 Å². The fourth-order valence-electron chi connectivity index (χ4n) is 4.66. The van der Waals surface area contributed by atoms with Gasteiger partial charge >= 0.3 is 11.9 Å². The average molecular weight is 560 g/mol. The van der Waals surface area contributed by atoms with Crippen LogP contribution in [-0.2, 0) is 25.5 Å². The Balaban J connectivity index is 1.39. The molecule has 0 radical (unpaired) electrons. The summed E-state index contributed by atoms with van der Waals surface area (Å²) in [4.78, 5) is 27.2. The first kappa shape index (κ1) is 27.8. The lowest BCUT2D eigenvalue weighted by atomic mass is 10.1. The summed E-state index contributed by atoms with van der Waals surface area (Å²) in [5.74, 6) is -0.857. The van der Waals surface area contributed by atoms with Gasteiger partial charge in [0.2, 0.25) is 18.5 Å². The van der Waals surface area contributed by atoms with Crippen LogP contribution in [0.4, 0.5) is 11.4 Å². The normalized spacial score (nSPS) is 15.0. The predicted octanol–water partition coefficient (Wildman–Crippen LogP) is 4.42. The van der Waals surface area contributed by atoms with Crippen LogP contribution in [0.1, 0.15) is 49.2 Å². The number of anilines is 2. The van der Waals surface area contributed by atoms with Gasteiger partial charge in [0.05, 0.1) is 28.6 Å². The minimum Gasteiger partial charge on any atom is -0.425 e. The number of rotatable bonds is 10. The first-order valence-electron chi connectivity index (χ1n) is 13.5. The molecule has 0 saturated heterocycles. The number of hydrogen-bond donors (Lipinski definition) is 2. The number of aryl methyl sites for hydroxylation is 1. The van der Waals surface area contributed by atoms with Gasteiger partial charge in [0.1, 0.15) is 0 Å². The third kappa shape index (κ3) is 5.92. The smallest absolute Gasteiger partial charge is 0.343 e. The molecule has 2 aromatic carbocycles. The molecular formula is C29H33N7O5. The third-order valence-corrected chi connectivity index (χ3v) is 6.55. The van der Waals surface area contributed by atoms with Gasteiger partial charge in [0.15, 0.2) is 0 Å². The molecule has 2 atom stereocenters. The molecule has 1 aliphatic rings. The average Bonchev–Trinajstić information content (AvgIpc) is 3.68. The van der Waals surface area contributed by atoms with Crippen LogP contribution in [0.3, 0.4) is 0 Å². The fourth-order valence-corrected chi connectivity index (χ4v) is 4.66. The first-order chi connectivity index (χ1) is 19.7. The van der Waals surface area contributed by atoms with Crippen molar-refractivity contribution in [1.82, 2.24) is 25.2 Å². The van der Waals surface area contributed by atoms with Gasteiger partial charge in [-0.05, 0) is 60.5 Å². The maximum absolute atomic E-state index is 13.2. The van der Waals surface area contributed by atoms with E-state index in [1.54, 1.807) is 26.0 Å². The van der Waals surface area contributed by atoms with E-state index in [4.69, 9.17) is 14.2 Å². The number of hydrogen-bond acceptors (Lipinski definition) is 10. The van der Waals surface area contributed by atoms with Crippen molar-refractivity contribution in [3.8, 4) is 17.2 Å². The topological polar surface area (TPSA) is 136 Å². The van der Waals surface area contributed by atoms with Crippen LogP contribution in [0.15, 0.2) is 54.7 Å². The highest BCUT2D eigenvalue weighted by atomic mass is 16.7. The van der Waals surface area contributed by atoms with Gasteiger partial charge in [0.25, 0.3) is 0 Å². The van der Waals surface area contributed by atoms with Gasteiger partial charge < -0.3 is 29.0 Å². The van der Waals surface area contributed by atoms with Gasteiger partial charge in [-0.3, -0.25) is 4.79 Å². The maximum Gasteiger partial charge on any atom is 0.343 e. The lowest BCUT2D eigenvalue weighted by molar-refractivity contribution is -0.169. The van der Waals surface area contributed by atoms with Gasteiger partial charge in [0, 0.05) is 32.0 Å². The zero-order valence-corrected chi connectivity index (χ0v) is 23.6. The maximum atomic E-state index is 13.2. The minimum absolute atomic E-state index is 0.331. The van der Waals surface area contributed by atoms with Gasteiger partial charge in [-0.15, -0.1) is 10.2 Å². The van der Waals surface area contributed by atoms with Crippen LogP contribution in [0, 0.1) is 12.8 Å². The molecule has 41 heavy (non-hydrogen) atoms. The molecule has 4 aromatic rings. The number of carbonyl (C=O) groups is 2. The van der Waals surface area contributed by atoms with E-state index in [0.717, 1.165) is 28.2 Å². The molecule has 0 amide bonds. The van der Waals surface area contributed by atoms with Crippen molar-refractivity contribution < 1.29 is 23.8 Å². The van der Waals surface area contributed by atoms with Gasteiger partial charge in [-0.25, -0.2) is 4.79 Å². The Morgan fingerprint density at radius 2 is 1.85 bits per heavy atom. The summed E-state index contributed by atoms with van der Waals surface area (Å²) < 4.78 is 18.7. The Bertz CT molecular complexity index is 1520. The van der Waals surface area contributed by atoms with E-state index in [1.807, 2.05) is 65.9 Å². The van der Waals surface area contributed by atoms with Crippen LogP contribution in [0.2, 0.25) is 0 Å². The van der Waals surface area contributed by atoms with E-state index < -0.39 is 24.6 Å². The highest BCUT2D eigenvalue weighted by Crippen LogP contribution is 2.39. The zero-order chi connectivity index (χ0) is 29.1. The molecule has 2 N–H and O–H groups in total. The fraction of sp³-hybridized carbons (Fsp3) is 0.345. The molecule has 2 aromatic heterocycles. The number of carbonyl (C=O) groups excluding carboxylic acids is 2. The van der Waals surface area contributed by atoms with Crippen LogP contribution in [0.5, 0.6) is 0 Å². The molecule has 3 heterocycles. The molecule has 1 aliphatic heterocycles. The molecule has 214 valence electrons. The summed E-state index contributed by atoms with van der Waals surface area (Å²) in [6.45, 7) is 9.81. The highest BCUT2D eigenvalue weighted by Gasteiger charge is 2.34. The van der Waals surface area contributed by atoms with Gasteiger partial charge in [-0.2, -0.15) is 5.21 Å². The number of benzene rings is 2. The molecule has 0 spiro atoms. The molecule has 2 unspecified atom stereocenters. The monoisotopic (exact) mass is 559 g/mol. The number of fused-ring (bicyclic) bond motifs is 1. The summed E-state index contributed by atoms with van der Waals surface area (Å²) in [6.07, 6.45) is 0.502. The van der Waals surface area contributed by atoms with E-state index in [2.05, 4.69) is 25.9 Å². The SMILES string of the molecule is CCOC1Nc2cccc(C(=O)OC(C)OC(=O)C(C)C)c2N1Cc1ccc(-n2cc(C)cc2-c2nn[nH]n2)cc1. The number of tetrazole rings is 1. The zero-order valence-electron chi connectivity index (χ0n) is 23.6. The third-order valence-electron chi connectivity index (χ3n) is 6.55. The van der Waals surface area contributed by atoms with Crippen molar-refractivity contribution in [3.63, 3.8) is 0 Å². The number of para-hydroxylation sites is 1. The number of ether oxygens (including phenoxy) is 3. The summed E-state index contributed by atoms with van der Waals surface area (Å²) in [6, 6.07) is 15.4. The van der Waals surface area contributed by atoms with E-state index in [-0.39, 0.29) is 5.92 Å². The Kier molecular flexibility index (Phi) is 8.02. The Morgan fingerprint density at radius 1 is 1.07 bits per heavy atom. The Morgan fingerprint density at radius 3 is 2.54 bits per heavy atom. The molecule has 12 heteroatoms. The van der Waals surface area contributed by atoms with Crippen molar-refractivity contribution in [2.24, 2.45) is 5.92 Å². The summed E-state index contributed by atoms with van der Waals surface area (Å²) in [7, 11) is 0. The van der Waals surface area contributed by atoms with Crippen LogP contribution >= 0.6 is 0 Å². The van der Waals surface area contributed by atoms with E-state index in [0.29, 0.717) is 30.2 Å². The summed E-state index contributed by atoms with van der Waals surface area (Å²) in [5.41, 5.74) is 5.58. The number of esters is 2. The number of H-pyrrole nitrogens is 1. The second kappa shape index (κ2) is 11.8. The standard InChI is InChI=1S/C29H33N7O5/c1-6-39-29-30-23-9-7-8-22(28(38)41-19(5)40-27(37)17(2)3)25(23)36(29)16-20-10-12-21(13-11-20)35-15-18(4)14-24(35)26-31-33-34-32-26/h7-15,17,19,29-30H,6,16H2,1-5H3,(H,31,32,33,34). The van der Waals surface area contributed by atoms with Crippen molar-refractivity contribution in [1.29, 1.82) is 0 Å². The summed E-state index contributed by atoms with van der Waals surface area (Å²) in [5, 5.41) is 17.8. The number of aromatic nitrogens is 5. The molecule has 0 fully saturated rings. The van der Waals surface area contributed by atoms with Gasteiger partial charge in [-0.1, -0.05) is 32.0 Å². The minimum atomic E-state index is -1.03. The Labute approximate surface area is 237 Å². The first-order valence-corrected chi connectivity index (χ1v) is 13.5. The quantitative estimate of drug-likeness (QED) is 0.212. The largest absolute Gasteiger partial charge is 0.425 e. The predicted molar refractivity (Wildman–Crippen MR) is 151 cm³/mol. The van der Waals surface area contributed by atoms with E-state index >= 15 is 0 Å². The highest BCUT2D eigenvalue weighted by molar-refractivity contribution is 6.01. The molecular weight excluding hydrogens is 526 g/mol.